The quantitative estimate of drug-likeness (QED) is 0.804. The van der Waals surface area contributed by atoms with E-state index in [4.69, 9.17) is 4.74 Å². The fourth-order valence-corrected chi connectivity index (χ4v) is 2.88. The summed E-state index contributed by atoms with van der Waals surface area (Å²) in [6.45, 7) is 0.743. The molecule has 0 saturated carbocycles. The van der Waals surface area contributed by atoms with Crippen LogP contribution in [0, 0.1) is 0 Å². The predicted octanol–water partition coefficient (Wildman–Crippen LogP) is 2.46. The lowest BCUT2D eigenvalue weighted by Crippen LogP contribution is -2.30. The highest BCUT2D eigenvalue weighted by Crippen LogP contribution is 2.29. The summed E-state index contributed by atoms with van der Waals surface area (Å²) in [5.74, 6) is 0.777. The van der Waals surface area contributed by atoms with Crippen LogP contribution in [0.25, 0.3) is 5.65 Å². The maximum Gasteiger partial charge on any atom is 0.203 e. The maximum atomic E-state index is 5.91. The van der Waals surface area contributed by atoms with Gasteiger partial charge in [-0.1, -0.05) is 30.3 Å². The summed E-state index contributed by atoms with van der Waals surface area (Å²) in [7, 11) is 0. The van der Waals surface area contributed by atoms with Gasteiger partial charge in [-0.2, -0.15) is 0 Å². The molecule has 4 rings (SSSR count). The molecule has 112 valence electrons. The number of ether oxygens (including phenoxy) is 1. The van der Waals surface area contributed by atoms with Crippen molar-refractivity contribution in [3.05, 3.63) is 54.6 Å². The molecule has 3 heterocycles. The minimum absolute atomic E-state index is 0.130. The van der Waals surface area contributed by atoms with Gasteiger partial charge in [0.1, 0.15) is 6.33 Å². The zero-order valence-electron chi connectivity index (χ0n) is 12.1. The van der Waals surface area contributed by atoms with Crippen molar-refractivity contribution in [2.75, 3.05) is 11.9 Å². The van der Waals surface area contributed by atoms with Gasteiger partial charge in [-0.3, -0.25) is 4.40 Å². The van der Waals surface area contributed by atoms with Crippen molar-refractivity contribution in [3.63, 3.8) is 0 Å². The molecule has 1 aromatic carbocycles. The van der Waals surface area contributed by atoms with Crippen LogP contribution in [-0.2, 0) is 4.74 Å². The normalized spacial score (nSPS) is 21.8. The number of hydrogen-bond donors (Lipinski definition) is 1. The number of benzene rings is 1. The van der Waals surface area contributed by atoms with E-state index in [0.717, 1.165) is 30.9 Å². The van der Waals surface area contributed by atoms with Crippen LogP contribution in [-0.4, -0.2) is 32.2 Å². The molecule has 2 atom stereocenters. The van der Waals surface area contributed by atoms with Gasteiger partial charge in [0.25, 0.3) is 0 Å². The van der Waals surface area contributed by atoms with Gasteiger partial charge in [0.15, 0.2) is 5.82 Å². The minimum atomic E-state index is 0.130. The molecule has 6 nitrogen and oxygen atoms in total. The van der Waals surface area contributed by atoms with E-state index in [1.54, 1.807) is 12.5 Å². The SMILES string of the molecule is c1ccc(C2CC(Nc3nccn4cnnc34)CCO2)cc1. The first kappa shape index (κ1) is 13.2. The van der Waals surface area contributed by atoms with Crippen molar-refractivity contribution in [1.29, 1.82) is 0 Å². The first-order valence-electron chi connectivity index (χ1n) is 7.47. The third-order valence-electron chi connectivity index (χ3n) is 4.01. The Kier molecular flexibility index (Phi) is 3.44. The van der Waals surface area contributed by atoms with Gasteiger partial charge in [-0.25, -0.2) is 4.98 Å². The van der Waals surface area contributed by atoms with Crippen LogP contribution in [0.2, 0.25) is 0 Å². The molecule has 0 aliphatic carbocycles. The Balaban J connectivity index is 1.52. The summed E-state index contributed by atoms with van der Waals surface area (Å²) in [4.78, 5) is 4.40. The van der Waals surface area contributed by atoms with Crippen LogP contribution in [0.5, 0.6) is 0 Å². The number of aromatic nitrogens is 4. The van der Waals surface area contributed by atoms with Crippen LogP contribution in [0.1, 0.15) is 24.5 Å². The van der Waals surface area contributed by atoms with E-state index >= 15 is 0 Å². The Morgan fingerprint density at radius 1 is 1.23 bits per heavy atom. The first-order valence-corrected chi connectivity index (χ1v) is 7.47. The molecule has 0 spiro atoms. The van der Waals surface area contributed by atoms with Gasteiger partial charge >= 0.3 is 0 Å². The lowest BCUT2D eigenvalue weighted by atomic mass is 9.97. The first-order chi connectivity index (χ1) is 10.9. The average molecular weight is 295 g/mol. The molecule has 1 aliphatic heterocycles. The van der Waals surface area contributed by atoms with Crippen LogP contribution in [0.3, 0.4) is 0 Å². The van der Waals surface area contributed by atoms with Crippen LogP contribution >= 0.6 is 0 Å². The number of nitrogens with zero attached hydrogens (tertiary/aromatic N) is 4. The molecule has 0 amide bonds. The largest absolute Gasteiger partial charge is 0.373 e. The third kappa shape index (κ3) is 2.53. The van der Waals surface area contributed by atoms with Crippen LogP contribution in [0.15, 0.2) is 49.1 Å². The highest BCUT2D eigenvalue weighted by atomic mass is 16.5. The predicted molar refractivity (Wildman–Crippen MR) is 82.6 cm³/mol. The summed E-state index contributed by atoms with van der Waals surface area (Å²) in [6.07, 6.45) is 7.29. The molecule has 0 radical (unpaired) electrons. The topological polar surface area (TPSA) is 64.3 Å². The van der Waals surface area contributed by atoms with Gasteiger partial charge in [0.2, 0.25) is 5.65 Å². The monoisotopic (exact) mass is 295 g/mol. The van der Waals surface area contributed by atoms with E-state index in [1.807, 2.05) is 28.8 Å². The summed E-state index contributed by atoms with van der Waals surface area (Å²) >= 11 is 0. The van der Waals surface area contributed by atoms with Crippen molar-refractivity contribution >= 4 is 11.5 Å². The van der Waals surface area contributed by atoms with Crippen molar-refractivity contribution in [2.45, 2.75) is 25.0 Å². The molecule has 6 heteroatoms. The molecule has 1 fully saturated rings. The van der Waals surface area contributed by atoms with Crippen molar-refractivity contribution < 1.29 is 4.74 Å². The Labute approximate surface area is 128 Å². The van der Waals surface area contributed by atoms with Gasteiger partial charge < -0.3 is 10.1 Å². The second-order valence-corrected chi connectivity index (χ2v) is 5.47. The van der Waals surface area contributed by atoms with E-state index in [2.05, 4.69) is 32.6 Å². The molecular weight excluding hydrogens is 278 g/mol. The number of anilines is 1. The molecule has 22 heavy (non-hydrogen) atoms. The summed E-state index contributed by atoms with van der Waals surface area (Å²) in [5.41, 5.74) is 1.98. The van der Waals surface area contributed by atoms with Gasteiger partial charge in [-0.15, -0.1) is 10.2 Å². The van der Waals surface area contributed by atoms with E-state index in [0.29, 0.717) is 6.04 Å². The van der Waals surface area contributed by atoms with Crippen molar-refractivity contribution in [1.82, 2.24) is 19.6 Å². The lowest BCUT2D eigenvalue weighted by molar-refractivity contribution is 0.00976. The van der Waals surface area contributed by atoms with E-state index in [9.17, 15) is 0 Å². The zero-order valence-corrected chi connectivity index (χ0v) is 12.1. The van der Waals surface area contributed by atoms with Gasteiger partial charge in [0, 0.05) is 25.0 Å². The third-order valence-corrected chi connectivity index (χ3v) is 4.01. The summed E-state index contributed by atoms with van der Waals surface area (Å²) in [5, 5.41) is 11.5. The Hall–Kier alpha value is -2.47. The average Bonchev–Trinajstić information content (AvgIpc) is 3.06. The van der Waals surface area contributed by atoms with E-state index in [-0.39, 0.29) is 6.10 Å². The minimum Gasteiger partial charge on any atom is -0.373 e. The fraction of sp³-hybridized carbons (Fsp3) is 0.312. The summed E-state index contributed by atoms with van der Waals surface area (Å²) < 4.78 is 7.78. The molecule has 0 bridgehead atoms. The molecule has 1 N–H and O–H groups in total. The smallest absolute Gasteiger partial charge is 0.203 e. The highest BCUT2D eigenvalue weighted by molar-refractivity contribution is 5.61. The molecule has 3 aromatic rings. The maximum absolute atomic E-state index is 5.91. The van der Waals surface area contributed by atoms with Crippen molar-refractivity contribution in [2.24, 2.45) is 0 Å². The molecule has 1 aliphatic rings. The van der Waals surface area contributed by atoms with Gasteiger partial charge in [-0.05, 0) is 18.4 Å². The van der Waals surface area contributed by atoms with E-state index < -0.39 is 0 Å². The lowest BCUT2D eigenvalue weighted by Gasteiger charge is -2.30. The molecule has 2 aromatic heterocycles. The number of hydrogen-bond acceptors (Lipinski definition) is 5. The number of fused-ring (bicyclic) bond motifs is 1. The second kappa shape index (κ2) is 5.73. The fourth-order valence-electron chi connectivity index (χ4n) is 2.88. The summed E-state index contributed by atoms with van der Waals surface area (Å²) in [6, 6.07) is 10.7. The van der Waals surface area contributed by atoms with Crippen molar-refractivity contribution in [3.8, 4) is 0 Å². The number of nitrogens with one attached hydrogen (secondary N) is 1. The molecule has 1 saturated heterocycles. The van der Waals surface area contributed by atoms with E-state index in [1.165, 1.54) is 5.56 Å². The standard InChI is InChI=1S/C16H17N5O/c1-2-4-12(5-3-1)14-10-13(6-9-22-14)19-15-16-20-18-11-21(16)8-7-17-15/h1-5,7-8,11,13-14H,6,9-10H2,(H,17,19). The molecule has 2 unspecified atom stereocenters. The number of rotatable bonds is 3. The highest BCUT2D eigenvalue weighted by Gasteiger charge is 2.24. The second-order valence-electron chi connectivity index (χ2n) is 5.47. The van der Waals surface area contributed by atoms with Gasteiger partial charge in [0.05, 0.1) is 6.10 Å². The molecular formula is C16H17N5O. The van der Waals surface area contributed by atoms with Crippen LogP contribution < -0.4 is 5.32 Å². The zero-order chi connectivity index (χ0) is 14.8. The Morgan fingerprint density at radius 3 is 3.05 bits per heavy atom. The van der Waals surface area contributed by atoms with Crippen LogP contribution in [0.4, 0.5) is 5.82 Å². The Bertz CT molecular complexity index is 757. The Morgan fingerprint density at radius 2 is 2.14 bits per heavy atom.